The van der Waals surface area contributed by atoms with Crippen molar-refractivity contribution < 1.29 is 4.79 Å². The maximum absolute atomic E-state index is 13.6. The van der Waals surface area contributed by atoms with Gasteiger partial charge in [0.05, 0.1) is 17.1 Å². The van der Waals surface area contributed by atoms with Crippen molar-refractivity contribution >= 4 is 16.7 Å². The van der Waals surface area contributed by atoms with Crippen LogP contribution in [0.5, 0.6) is 0 Å². The summed E-state index contributed by atoms with van der Waals surface area (Å²) in [6.45, 7) is 3.55. The molecule has 1 N–H and O–H groups in total. The van der Waals surface area contributed by atoms with Crippen LogP contribution in [0, 0.1) is 19.3 Å². The molecule has 2 aromatic carbocycles. The average Bonchev–Trinajstić information content (AvgIpc) is 2.79. The van der Waals surface area contributed by atoms with Gasteiger partial charge in [-0.05, 0) is 43.5 Å². The molecule has 1 amide bonds. The summed E-state index contributed by atoms with van der Waals surface area (Å²) in [4.78, 5) is 34.6. The Hall–Kier alpha value is -4.24. The van der Waals surface area contributed by atoms with Gasteiger partial charge < -0.3 is 5.32 Å². The fourth-order valence-electron chi connectivity index (χ4n) is 3.63. The molecule has 2 heterocycles. The zero-order chi connectivity index (χ0) is 22.0. The van der Waals surface area contributed by atoms with E-state index < -0.39 is 6.04 Å². The molecule has 4 rings (SSSR count). The molecule has 0 fully saturated rings. The number of fused-ring (bicyclic) bond motifs is 1. The van der Waals surface area contributed by atoms with E-state index in [9.17, 15) is 9.59 Å². The molecule has 0 spiro atoms. The summed E-state index contributed by atoms with van der Waals surface area (Å²) < 4.78 is 1.59. The Labute approximate surface area is 179 Å². The zero-order valence-corrected chi connectivity index (χ0v) is 17.2. The number of carbonyl (C=O) groups excluding carboxylic acids is 1. The summed E-state index contributed by atoms with van der Waals surface area (Å²) in [5, 5.41) is 4.14. The van der Waals surface area contributed by atoms with E-state index in [2.05, 4.69) is 21.2 Å². The van der Waals surface area contributed by atoms with Gasteiger partial charge in [-0.1, -0.05) is 36.3 Å². The molecule has 0 aliphatic heterocycles. The van der Waals surface area contributed by atoms with Crippen molar-refractivity contribution in [2.45, 2.75) is 19.9 Å². The highest BCUT2D eigenvalue weighted by Gasteiger charge is 2.21. The second-order valence-corrected chi connectivity index (χ2v) is 7.14. The Morgan fingerprint density at radius 1 is 1.10 bits per heavy atom. The normalized spacial score (nSPS) is 11.6. The molecule has 6 heteroatoms. The minimum absolute atomic E-state index is 0.232. The Kier molecular flexibility index (Phi) is 5.33. The van der Waals surface area contributed by atoms with Crippen molar-refractivity contribution in [2.75, 3.05) is 0 Å². The molecule has 0 bridgehead atoms. The number of aryl methyl sites for hydroxylation is 1. The number of carbonyl (C=O) groups is 1. The molecule has 0 saturated carbocycles. The first kappa shape index (κ1) is 20.0. The number of para-hydroxylation sites is 1. The molecule has 31 heavy (non-hydrogen) atoms. The van der Waals surface area contributed by atoms with Gasteiger partial charge in [0.15, 0.2) is 0 Å². The van der Waals surface area contributed by atoms with Crippen LogP contribution < -0.4 is 10.9 Å². The number of terminal acetylenes is 1. The smallest absolute Gasteiger partial charge is 0.272 e. The quantitative estimate of drug-likeness (QED) is 0.524. The summed E-state index contributed by atoms with van der Waals surface area (Å²) in [5.41, 5.74) is 2.40. The van der Waals surface area contributed by atoms with Gasteiger partial charge in [-0.2, -0.15) is 0 Å². The van der Waals surface area contributed by atoms with E-state index in [4.69, 9.17) is 6.42 Å². The molecular weight excluding hydrogens is 388 g/mol. The largest absolute Gasteiger partial charge is 0.343 e. The molecule has 1 atom stereocenters. The van der Waals surface area contributed by atoms with E-state index in [1.807, 2.05) is 55.5 Å². The molecule has 6 nitrogen and oxygen atoms in total. The third-order valence-corrected chi connectivity index (χ3v) is 5.13. The Morgan fingerprint density at radius 2 is 1.84 bits per heavy atom. The lowest BCUT2D eigenvalue weighted by Crippen LogP contribution is -2.33. The number of hydrogen-bond donors (Lipinski definition) is 1. The standard InChI is InChI=1S/C25H20N4O2/c1-4-18-9-8-10-19-15-21(16(2)28-24(30)23-17(3)26-13-14-27-23)29(25(31)22(18)19)20-11-6-5-7-12-20/h1,5-16H,2-3H3,(H,28,30)/t16-/m0/s1. The fraction of sp³-hybridized carbons (Fsp3) is 0.120. The summed E-state index contributed by atoms with van der Waals surface area (Å²) in [6, 6.07) is 16.1. The summed E-state index contributed by atoms with van der Waals surface area (Å²) >= 11 is 0. The molecular formula is C25H20N4O2. The van der Waals surface area contributed by atoms with Crippen molar-refractivity contribution in [1.82, 2.24) is 19.9 Å². The second-order valence-electron chi connectivity index (χ2n) is 7.14. The predicted molar refractivity (Wildman–Crippen MR) is 120 cm³/mol. The van der Waals surface area contributed by atoms with E-state index in [0.717, 1.165) is 5.39 Å². The first-order valence-corrected chi connectivity index (χ1v) is 9.80. The molecule has 0 saturated heterocycles. The fourth-order valence-corrected chi connectivity index (χ4v) is 3.63. The molecule has 0 unspecified atom stereocenters. The number of pyridine rings is 1. The van der Waals surface area contributed by atoms with Crippen LogP contribution in [0.25, 0.3) is 16.5 Å². The van der Waals surface area contributed by atoms with E-state index in [1.165, 1.54) is 12.4 Å². The van der Waals surface area contributed by atoms with Gasteiger partial charge in [0.1, 0.15) is 5.69 Å². The van der Waals surface area contributed by atoms with Crippen molar-refractivity contribution in [2.24, 2.45) is 0 Å². The van der Waals surface area contributed by atoms with Crippen molar-refractivity contribution in [1.29, 1.82) is 0 Å². The minimum Gasteiger partial charge on any atom is -0.343 e. The maximum atomic E-state index is 13.6. The summed E-state index contributed by atoms with van der Waals surface area (Å²) in [6.07, 6.45) is 8.66. The van der Waals surface area contributed by atoms with Crippen molar-refractivity contribution in [3.63, 3.8) is 0 Å². The van der Waals surface area contributed by atoms with Crippen LogP contribution in [0.2, 0.25) is 0 Å². The molecule has 0 radical (unpaired) electrons. The summed E-state index contributed by atoms with van der Waals surface area (Å²) in [5.74, 6) is 2.24. The zero-order valence-electron chi connectivity index (χ0n) is 17.2. The Balaban J connectivity index is 1.89. The highest BCUT2D eigenvalue weighted by atomic mass is 16.2. The topological polar surface area (TPSA) is 76.9 Å². The van der Waals surface area contributed by atoms with E-state index in [1.54, 1.807) is 17.6 Å². The maximum Gasteiger partial charge on any atom is 0.272 e. The number of nitrogens with zero attached hydrogens (tertiary/aromatic N) is 3. The second kappa shape index (κ2) is 8.25. The SMILES string of the molecule is C#Cc1cccc2cc([C@H](C)NC(=O)c3nccnc3C)n(-c3ccccc3)c(=O)c12. The van der Waals surface area contributed by atoms with Crippen LogP contribution in [0.1, 0.15) is 40.4 Å². The van der Waals surface area contributed by atoms with Gasteiger partial charge in [-0.25, -0.2) is 4.98 Å². The van der Waals surface area contributed by atoms with Crippen LogP contribution >= 0.6 is 0 Å². The first-order chi connectivity index (χ1) is 15.0. The minimum atomic E-state index is -0.485. The number of rotatable bonds is 4. The van der Waals surface area contributed by atoms with Crippen LogP contribution in [0.15, 0.2) is 71.8 Å². The van der Waals surface area contributed by atoms with Crippen LogP contribution in [-0.2, 0) is 0 Å². The highest BCUT2D eigenvalue weighted by Crippen LogP contribution is 2.23. The van der Waals surface area contributed by atoms with Gasteiger partial charge in [-0.15, -0.1) is 6.42 Å². The lowest BCUT2D eigenvalue weighted by atomic mass is 10.0. The monoisotopic (exact) mass is 408 g/mol. The Morgan fingerprint density at radius 3 is 2.55 bits per heavy atom. The molecule has 4 aromatic rings. The van der Waals surface area contributed by atoms with Gasteiger partial charge in [-0.3, -0.25) is 19.1 Å². The van der Waals surface area contributed by atoms with Crippen molar-refractivity contribution in [3.8, 4) is 18.0 Å². The van der Waals surface area contributed by atoms with E-state index in [0.29, 0.717) is 28.0 Å². The van der Waals surface area contributed by atoms with E-state index >= 15 is 0 Å². The van der Waals surface area contributed by atoms with Crippen molar-refractivity contribution in [3.05, 3.63) is 100.0 Å². The summed E-state index contributed by atoms with van der Waals surface area (Å²) in [7, 11) is 0. The molecule has 152 valence electrons. The number of hydrogen-bond acceptors (Lipinski definition) is 4. The van der Waals surface area contributed by atoms with Gasteiger partial charge >= 0.3 is 0 Å². The molecule has 2 aromatic heterocycles. The predicted octanol–water partition coefficient (Wildman–Crippen LogP) is 3.56. The lowest BCUT2D eigenvalue weighted by Gasteiger charge is -2.21. The van der Waals surface area contributed by atoms with Gasteiger partial charge in [0, 0.05) is 29.3 Å². The average molecular weight is 408 g/mol. The van der Waals surface area contributed by atoms with Crippen LogP contribution in [-0.4, -0.2) is 20.4 Å². The number of nitrogens with one attached hydrogen (secondary N) is 1. The molecule has 0 aliphatic carbocycles. The number of amides is 1. The Bertz CT molecular complexity index is 1380. The number of aromatic nitrogens is 3. The van der Waals surface area contributed by atoms with E-state index in [-0.39, 0.29) is 17.2 Å². The van der Waals surface area contributed by atoms with Crippen LogP contribution in [0.4, 0.5) is 0 Å². The first-order valence-electron chi connectivity index (χ1n) is 9.80. The van der Waals surface area contributed by atoms with Gasteiger partial charge in [0.25, 0.3) is 11.5 Å². The van der Waals surface area contributed by atoms with Crippen LogP contribution in [0.3, 0.4) is 0 Å². The molecule has 0 aliphatic rings. The van der Waals surface area contributed by atoms with Gasteiger partial charge in [0.2, 0.25) is 0 Å². The highest BCUT2D eigenvalue weighted by molar-refractivity contribution is 5.93. The third kappa shape index (κ3) is 3.69. The third-order valence-electron chi connectivity index (χ3n) is 5.13. The lowest BCUT2D eigenvalue weighted by molar-refractivity contribution is 0.0932. The number of benzene rings is 2.